The average molecular weight is 551 g/mol. The molecule has 4 rings (SSSR count). The Morgan fingerprint density at radius 3 is 2.49 bits per heavy atom. The van der Waals surface area contributed by atoms with E-state index in [9.17, 15) is 22.4 Å². The number of nitrogens with zero attached hydrogens (tertiary/aromatic N) is 4. The summed E-state index contributed by atoms with van der Waals surface area (Å²) in [5, 5.41) is 10.2. The molecule has 4 aromatic rings. The van der Waals surface area contributed by atoms with Gasteiger partial charge in [-0.3, -0.25) is 14.2 Å². The number of furan rings is 1. The van der Waals surface area contributed by atoms with E-state index in [0.29, 0.717) is 27.0 Å². The smallest absolute Gasteiger partial charge is 0.291 e. The summed E-state index contributed by atoms with van der Waals surface area (Å²) in [6.45, 7) is -0.0574. The fourth-order valence-electron chi connectivity index (χ4n) is 3.21. The molecule has 35 heavy (non-hydrogen) atoms. The van der Waals surface area contributed by atoms with Crippen molar-refractivity contribution in [2.75, 3.05) is 5.32 Å². The number of carbonyl (C=O) groups excluding carboxylic acids is 1. The minimum Gasteiger partial charge on any atom is -0.454 e. The van der Waals surface area contributed by atoms with Crippen LogP contribution in [0.15, 0.2) is 47.1 Å². The van der Waals surface area contributed by atoms with Crippen LogP contribution in [-0.2, 0) is 13.1 Å². The lowest BCUT2D eigenvalue weighted by Gasteiger charge is -2.05. The van der Waals surface area contributed by atoms with Crippen LogP contribution in [0.2, 0.25) is 15.1 Å². The summed E-state index contributed by atoms with van der Waals surface area (Å²) in [6.07, 6.45) is -3.26. The zero-order valence-corrected chi connectivity index (χ0v) is 19.6. The lowest BCUT2D eigenvalue weighted by atomic mass is 10.2. The first-order valence-electron chi connectivity index (χ1n) is 9.81. The maximum Gasteiger partial charge on any atom is 0.291 e. The van der Waals surface area contributed by atoms with Gasteiger partial charge >= 0.3 is 0 Å². The number of aromatic nitrogens is 4. The van der Waals surface area contributed by atoms with Gasteiger partial charge in [0.2, 0.25) is 0 Å². The highest BCUT2D eigenvalue weighted by Gasteiger charge is 2.28. The Bertz CT molecular complexity index is 1370. The van der Waals surface area contributed by atoms with Gasteiger partial charge in [-0.1, -0.05) is 40.9 Å². The van der Waals surface area contributed by atoms with Crippen molar-refractivity contribution in [2.45, 2.75) is 25.9 Å². The second-order valence-corrected chi connectivity index (χ2v) is 8.43. The highest BCUT2D eigenvalue weighted by Crippen LogP contribution is 2.35. The van der Waals surface area contributed by atoms with E-state index in [1.165, 1.54) is 18.3 Å². The van der Waals surface area contributed by atoms with E-state index in [1.807, 2.05) is 0 Å². The van der Waals surface area contributed by atoms with Gasteiger partial charge in [0, 0.05) is 6.20 Å². The summed E-state index contributed by atoms with van der Waals surface area (Å²) < 4.78 is 60.2. The lowest BCUT2D eigenvalue weighted by molar-refractivity contribution is 0.0994. The average Bonchev–Trinajstić information content (AvgIpc) is 3.50. The van der Waals surface area contributed by atoms with E-state index in [2.05, 4.69) is 15.5 Å². The molecule has 0 aliphatic heterocycles. The molecular formula is C21H14Cl3F4N5O2. The molecule has 1 amide bonds. The quantitative estimate of drug-likeness (QED) is 0.243. The predicted molar refractivity (Wildman–Crippen MR) is 121 cm³/mol. The molecule has 0 fully saturated rings. The van der Waals surface area contributed by atoms with E-state index in [1.54, 1.807) is 29.1 Å². The van der Waals surface area contributed by atoms with Crippen molar-refractivity contribution in [1.29, 1.82) is 0 Å². The molecule has 0 radical (unpaired) electrons. The molecule has 184 valence electrons. The van der Waals surface area contributed by atoms with Crippen molar-refractivity contribution in [3.8, 4) is 0 Å². The predicted octanol–water partition coefficient (Wildman–Crippen LogP) is 6.86. The topological polar surface area (TPSA) is 77.9 Å². The first-order chi connectivity index (χ1) is 16.6. The third-order valence-corrected chi connectivity index (χ3v) is 5.91. The minimum absolute atomic E-state index is 0.0346. The minimum atomic E-state index is -3.14. The first-order valence-corrected chi connectivity index (χ1v) is 10.9. The normalized spacial score (nSPS) is 11.6. The molecule has 14 heteroatoms. The number of hydrogen-bond donors (Lipinski definition) is 1. The fourth-order valence-corrected chi connectivity index (χ4v) is 3.83. The van der Waals surface area contributed by atoms with Gasteiger partial charge in [-0.25, -0.2) is 17.6 Å². The first kappa shape index (κ1) is 25.1. The van der Waals surface area contributed by atoms with Crippen molar-refractivity contribution < 1.29 is 26.8 Å². The second kappa shape index (κ2) is 10.3. The number of nitrogens with one attached hydrogen (secondary N) is 1. The van der Waals surface area contributed by atoms with E-state index in [-0.39, 0.29) is 11.5 Å². The number of anilines is 1. The Hall–Kier alpha value is -3.02. The second-order valence-electron chi connectivity index (χ2n) is 7.24. The number of amides is 1. The maximum absolute atomic E-state index is 13.3. The fraction of sp³-hybridized carbons (Fsp3) is 0.190. The molecule has 3 heterocycles. The van der Waals surface area contributed by atoms with Gasteiger partial charge in [0.1, 0.15) is 17.1 Å². The number of benzene rings is 1. The highest BCUT2D eigenvalue weighted by atomic mass is 35.5. The standard InChI is InChI=1S/C21H14Cl3F4N5O2/c22-13-3-1-10(5-14(13)23)7-32-8-11(6-29-32)30-21(34)15-4-2-12(35-15)9-33-18(20(27)28)16(24)17(31-33)19(25)26/h1-6,8,19-20H,7,9H2,(H,30,34). The van der Waals surface area contributed by atoms with Gasteiger partial charge in [0.25, 0.3) is 18.8 Å². The van der Waals surface area contributed by atoms with Crippen molar-refractivity contribution in [2.24, 2.45) is 0 Å². The van der Waals surface area contributed by atoms with Crippen LogP contribution in [0.5, 0.6) is 0 Å². The molecule has 0 aliphatic rings. The Morgan fingerprint density at radius 2 is 1.80 bits per heavy atom. The number of rotatable bonds is 8. The van der Waals surface area contributed by atoms with Crippen LogP contribution >= 0.6 is 34.8 Å². The molecule has 0 aliphatic carbocycles. The van der Waals surface area contributed by atoms with E-state index < -0.39 is 41.7 Å². The maximum atomic E-state index is 13.3. The largest absolute Gasteiger partial charge is 0.454 e. The van der Waals surface area contributed by atoms with Crippen molar-refractivity contribution in [1.82, 2.24) is 19.6 Å². The Morgan fingerprint density at radius 1 is 1.03 bits per heavy atom. The summed E-state index contributed by atoms with van der Waals surface area (Å²) >= 11 is 17.6. The van der Waals surface area contributed by atoms with Crippen LogP contribution < -0.4 is 5.32 Å². The number of hydrogen-bond acceptors (Lipinski definition) is 4. The Balaban J connectivity index is 1.43. The Kier molecular flexibility index (Phi) is 7.39. The monoisotopic (exact) mass is 549 g/mol. The summed E-state index contributed by atoms with van der Waals surface area (Å²) in [5.74, 6) is -0.735. The van der Waals surface area contributed by atoms with Gasteiger partial charge < -0.3 is 9.73 Å². The van der Waals surface area contributed by atoms with E-state index in [4.69, 9.17) is 39.2 Å². The molecule has 0 saturated heterocycles. The summed E-state index contributed by atoms with van der Waals surface area (Å²) in [7, 11) is 0. The molecular weight excluding hydrogens is 537 g/mol. The number of alkyl halides is 4. The molecule has 7 nitrogen and oxygen atoms in total. The van der Waals surface area contributed by atoms with Crippen LogP contribution in [-0.4, -0.2) is 25.5 Å². The molecule has 0 atom stereocenters. The lowest BCUT2D eigenvalue weighted by Crippen LogP contribution is -2.10. The molecule has 0 spiro atoms. The van der Waals surface area contributed by atoms with Gasteiger partial charge in [0.15, 0.2) is 5.76 Å². The third-order valence-electron chi connectivity index (χ3n) is 4.78. The molecule has 0 bridgehead atoms. The zero-order chi connectivity index (χ0) is 25.3. The van der Waals surface area contributed by atoms with Crippen LogP contribution in [0.4, 0.5) is 23.2 Å². The summed E-state index contributed by atoms with van der Waals surface area (Å²) in [4.78, 5) is 12.5. The summed E-state index contributed by atoms with van der Waals surface area (Å²) in [6, 6.07) is 7.80. The van der Waals surface area contributed by atoms with Crippen molar-refractivity contribution in [3.63, 3.8) is 0 Å². The van der Waals surface area contributed by atoms with Gasteiger partial charge in [-0.2, -0.15) is 10.2 Å². The molecule has 0 saturated carbocycles. The summed E-state index contributed by atoms with van der Waals surface area (Å²) in [5.41, 5.74) is -0.607. The van der Waals surface area contributed by atoms with Crippen LogP contribution in [0.1, 0.15) is 46.1 Å². The van der Waals surface area contributed by atoms with Crippen molar-refractivity contribution >= 4 is 46.4 Å². The van der Waals surface area contributed by atoms with Crippen molar-refractivity contribution in [3.05, 3.63) is 86.3 Å². The number of carbonyl (C=O) groups is 1. The van der Waals surface area contributed by atoms with E-state index >= 15 is 0 Å². The van der Waals surface area contributed by atoms with E-state index in [0.717, 1.165) is 5.56 Å². The van der Waals surface area contributed by atoms with Gasteiger partial charge in [-0.05, 0) is 29.8 Å². The van der Waals surface area contributed by atoms with Gasteiger partial charge in [0.05, 0.1) is 40.0 Å². The Labute approximate surface area is 210 Å². The van der Waals surface area contributed by atoms with Crippen LogP contribution in [0, 0.1) is 0 Å². The van der Waals surface area contributed by atoms with Crippen LogP contribution in [0.3, 0.4) is 0 Å². The third kappa shape index (κ3) is 5.63. The number of halogens is 7. The molecule has 0 unspecified atom stereocenters. The van der Waals surface area contributed by atoms with Crippen LogP contribution in [0.25, 0.3) is 0 Å². The SMILES string of the molecule is O=C(Nc1cnn(Cc2ccc(Cl)c(Cl)c2)c1)c1ccc(Cn2nc(C(F)F)c(Cl)c2C(F)F)o1. The molecule has 3 aromatic heterocycles. The molecule has 1 N–H and O–H groups in total. The highest BCUT2D eigenvalue weighted by molar-refractivity contribution is 6.42. The van der Waals surface area contributed by atoms with Gasteiger partial charge in [-0.15, -0.1) is 0 Å². The zero-order valence-electron chi connectivity index (χ0n) is 17.4. The molecule has 1 aromatic carbocycles.